The van der Waals surface area contributed by atoms with E-state index >= 15 is 0 Å². The number of hydrogen-bond acceptors (Lipinski definition) is 5. The van der Waals surface area contributed by atoms with Crippen molar-refractivity contribution in [1.29, 1.82) is 0 Å². The summed E-state index contributed by atoms with van der Waals surface area (Å²) < 4.78 is 5.96. The van der Waals surface area contributed by atoms with E-state index in [1.54, 1.807) is 0 Å². The molecule has 6 heteroatoms. The van der Waals surface area contributed by atoms with E-state index in [9.17, 15) is 19.8 Å². The topological polar surface area (TPSA) is 95.9 Å². The highest BCUT2D eigenvalue weighted by Gasteiger charge is 2.24. The number of carbonyl (C=O) groups excluding carboxylic acids is 2. The second-order valence-corrected chi connectivity index (χ2v) is 19.8. The lowest BCUT2D eigenvalue weighted by Gasteiger charge is -2.24. The molecule has 0 rings (SSSR count). The molecule has 0 fully saturated rings. The highest BCUT2D eigenvalue weighted by Crippen LogP contribution is 2.19. The molecule has 3 atom stereocenters. The minimum atomic E-state index is -0.793. The summed E-state index contributed by atoms with van der Waals surface area (Å²) in [4.78, 5) is 26.3. The highest BCUT2D eigenvalue weighted by molar-refractivity contribution is 5.77. The number of rotatable bonds is 52. The molecule has 1 amide bonds. The van der Waals surface area contributed by atoms with Crippen molar-refractivity contribution < 1.29 is 24.5 Å². The van der Waals surface area contributed by atoms with Gasteiger partial charge in [0.15, 0.2) is 0 Å². The smallest absolute Gasteiger partial charge is 0.306 e. The molecule has 67 heavy (non-hydrogen) atoms. The molecule has 3 unspecified atom stereocenters. The summed E-state index contributed by atoms with van der Waals surface area (Å²) in [5.74, 6) is -0.491. The average Bonchev–Trinajstić information content (AvgIpc) is 3.32. The van der Waals surface area contributed by atoms with Crippen LogP contribution in [0.3, 0.4) is 0 Å². The fourth-order valence-corrected chi connectivity index (χ4v) is 8.82. The van der Waals surface area contributed by atoms with Gasteiger partial charge in [-0.05, 0) is 44.9 Å². The first kappa shape index (κ1) is 64.6. The Bertz CT molecular complexity index is 1190. The molecule has 390 valence electrons. The molecule has 0 saturated carbocycles. The van der Waals surface area contributed by atoms with Gasteiger partial charge in [0, 0.05) is 6.42 Å². The van der Waals surface area contributed by atoms with Crippen LogP contribution in [0.1, 0.15) is 290 Å². The normalized spacial score (nSPS) is 13.6. The van der Waals surface area contributed by atoms with Crippen LogP contribution in [-0.4, -0.2) is 46.9 Å². The maximum Gasteiger partial charge on any atom is 0.306 e. The zero-order valence-corrected chi connectivity index (χ0v) is 44.5. The van der Waals surface area contributed by atoms with Crippen molar-refractivity contribution in [2.75, 3.05) is 6.61 Å². The molecule has 6 nitrogen and oxygen atoms in total. The van der Waals surface area contributed by atoms with Gasteiger partial charge in [-0.1, -0.05) is 293 Å². The average molecular weight is 939 g/mol. The van der Waals surface area contributed by atoms with Crippen molar-refractivity contribution in [2.24, 2.45) is 0 Å². The first-order chi connectivity index (χ1) is 33.0. The summed E-state index contributed by atoms with van der Waals surface area (Å²) in [7, 11) is 0. The first-order valence-electron chi connectivity index (χ1n) is 29.1. The second kappa shape index (κ2) is 54.5. The van der Waals surface area contributed by atoms with Crippen LogP contribution in [0, 0.1) is 0 Å². The quantitative estimate of drug-likeness (QED) is 0.0321. The monoisotopic (exact) mass is 938 g/mol. The molecule has 0 aromatic carbocycles. The summed E-state index contributed by atoms with van der Waals surface area (Å²) in [6.45, 7) is 6.42. The maximum atomic E-state index is 13.3. The summed E-state index contributed by atoms with van der Waals surface area (Å²) in [6, 6.07) is -0.708. The number of amides is 1. The number of ether oxygens (including phenoxy) is 1. The van der Waals surface area contributed by atoms with E-state index in [1.807, 2.05) is 24.3 Å². The predicted molar refractivity (Wildman–Crippen MR) is 292 cm³/mol. The van der Waals surface area contributed by atoms with Gasteiger partial charge < -0.3 is 20.3 Å². The molecular formula is C61H111NO5. The van der Waals surface area contributed by atoms with E-state index in [-0.39, 0.29) is 24.9 Å². The van der Waals surface area contributed by atoms with Gasteiger partial charge in [-0.2, -0.15) is 0 Å². The van der Waals surface area contributed by atoms with Gasteiger partial charge in [0.2, 0.25) is 5.91 Å². The van der Waals surface area contributed by atoms with E-state index in [0.717, 1.165) is 77.0 Å². The van der Waals surface area contributed by atoms with Crippen LogP contribution in [0.2, 0.25) is 0 Å². The van der Waals surface area contributed by atoms with Crippen LogP contribution in [0.15, 0.2) is 60.8 Å². The molecule has 0 aliphatic carbocycles. The maximum absolute atomic E-state index is 13.3. The lowest BCUT2D eigenvalue weighted by molar-refractivity contribution is -0.151. The molecule has 0 radical (unpaired) electrons. The minimum absolute atomic E-state index is 0.0687. The molecule has 0 spiro atoms. The number of nitrogens with one attached hydrogen (secondary N) is 1. The van der Waals surface area contributed by atoms with Crippen molar-refractivity contribution in [1.82, 2.24) is 5.32 Å². The van der Waals surface area contributed by atoms with Gasteiger partial charge in [-0.3, -0.25) is 9.59 Å². The lowest BCUT2D eigenvalue weighted by atomic mass is 10.0. The van der Waals surface area contributed by atoms with Crippen LogP contribution in [0.25, 0.3) is 0 Å². The number of allylic oxidation sites excluding steroid dienone is 10. The van der Waals surface area contributed by atoms with E-state index < -0.39 is 18.2 Å². The standard InChI is InChI=1S/C61H111NO5/c1-4-7-10-13-16-19-22-25-28-30-31-33-36-39-42-45-48-51-54-61(66)67-57(52-49-46-43-40-37-34-27-24-21-18-15-12-9-6-3)55-60(65)62-58(56-63)59(64)53-50-47-44-41-38-35-32-29-26-23-20-17-14-11-8-5-2/h10,13,16,19,22,25,28,30-31,33,57-59,63-64H,4-9,11-12,14-15,17-18,20-21,23-24,26-27,29,32,34-56H2,1-3H3,(H,62,65)/b13-10+,19-16+,25-22+,30-28+,33-31+. The third-order valence-corrected chi connectivity index (χ3v) is 13.2. The summed E-state index contributed by atoms with van der Waals surface area (Å²) in [5.41, 5.74) is 0. The van der Waals surface area contributed by atoms with E-state index in [1.165, 1.54) is 167 Å². The van der Waals surface area contributed by atoms with Crippen LogP contribution >= 0.6 is 0 Å². The number of esters is 1. The van der Waals surface area contributed by atoms with Crippen molar-refractivity contribution in [2.45, 2.75) is 309 Å². The third-order valence-electron chi connectivity index (χ3n) is 13.2. The Morgan fingerprint density at radius 3 is 1.21 bits per heavy atom. The summed E-state index contributed by atoms with van der Waals surface area (Å²) in [5, 5.41) is 23.9. The number of aliphatic hydroxyl groups is 2. The second-order valence-electron chi connectivity index (χ2n) is 19.8. The van der Waals surface area contributed by atoms with Gasteiger partial charge in [0.25, 0.3) is 0 Å². The van der Waals surface area contributed by atoms with E-state index in [0.29, 0.717) is 19.3 Å². The Morgan fingerprint density at radius 2 is 0.791 bits per heavy atom. The van der Waals surface area contributed by atoms with Gasteiger partial charge in [-0.25, -0.2) is 0 Å². The Balaban J connectivity index is 4.57. The molecule has 0 aromatic rings. The van der Waals surface area contributed by atoms with Gasteiger partial charge in [-0.15, -0.1) is 0 Å². The number of carbonyl (C=O) groups is 2. The number of hydrogen-bond donors (Lipinski definition) is 3. The van der Waals surface area contributed by atoms with E-state index in [2.05, 4.69) is 62.5 Å². The van der Waals surface area contributed by atoms with Crippen LogP contribution < -0.4 is 5.32 Å². The Hall–Kier alpha value is -2.44. The molecule has 0 heterocycles. The van der Waals surface area contributed by atoms with Crippen molar-refractivity contribution >= 4 is 11.9 Å². The predicted octanol–water partition coefficient (Wildman–Crippen LogP) is 18.0. The van der Waals surface area contributed by atoms with E-state index in [4.69, 9.17) is 4.74 Å². The largest absolute Gasteiger partial charge is 0.462 e. The van der Waals surface area contributed by atoms with Gasteiger partial charge in [0.1, 0.15) is 6.10 Å². The third kappa shape index (κ3) is 49.8. The van der Waals surface area contributed by atoms with Crippen molar-refractivity contribution in [3.05, 3.63) is 60.8 Å². The first-order valence-corrected chi connectivity index (χ1v) is 29.1. The van der Waals surface area contributed by atoms with Gasteiger partial charge >= 0.3 is 5.97 Å². The zero-order valence-electron chi connectivity index (χ0n) is 44.5. The zero-order chi connectivity index (χ0) is 48.8. The number of unbranched alkanes of at least 4 members (excludes halogenated alkanes) is 34. The fraction of sp³-hybridized carbons (Fsp3) is 0.803. The highest BCUT2D eigenvalue weighted by atomic mass is 16.5. The molecule has 0 saturated heterocycles. The van der Waals surface area contributed by atoms with Crippen LogP contribution in [0.4, 0.5) is 0 Å². The Labute approximate surface area is 416 Å². The molecular weight excluding hydrogens is 827 g/mol. The molecule has 0 aliphatic rings. The molecule has 0 bridgehead atoms. The lowest BCUT2D eigenvalue weighted by Crippen LogP contribution is -2.46. The molecule has 0 aliphatic heterocycles. The fourth-order valence-electron chi connectivity index (χ4n) is 8.82. The summed E-state index contributed by atoms with van der Waals surface area (Å²) in [6.07, 6.45) is 68.5. The van der Waals surface area contributed by atoms with Crippen LogP contribution in [-0.2, 0) is 14.3 Å². The SMILES string of the molecule is CCC/C=C/C=C/C=C/C=C/C=C/CCCCCCCC(=O)OC(CCCCCCCCCCCCCCCC)CC(=O)NC(CO)C(O)CCCCCCCCCCCCCCCCCC. The minimum Gasteiger partial charge on any atom is -0.462 e. The Kier molecular flexibility index (Phi) is 52.5. The van der Waals surface area contributed by atoms with Crippen LogP contribution in [0.5, 0.6) is 0 Å². The Morgan fingerprint density at radius 1 is 0.433 bits per heavy atom. The van der Waals surface area contributed by atoms with Crippen molar-refractivity contribution in [3.8, 4) is 0 Å². The summed E-state index contributed by atoms with van der Waals surface area (Å²) >= 11 is 0. The molecule has 3 N–H and O–H groups in total. The van der Waals surface area contributed by atoms with Crippen molar-refractivity contribution in [3.63, 3.8) is 0 Å². The van der Waals surface area contributed by atoms with Gasteiger partial charge in [0.05, 0.1) is 25.2 Å². The number of aliphatic hydroxyl groups excluding tert-OH is 2. The molecule has 0 aromatic heterocycles.